The molecule has 0 radical (unpaired) electrons. The minimum atomic E-state index is 0.195. The predicted molar refractivity (Wildman–Crippen MR) is 96.8 cm³/mol. The van der Waals surface area contributed by atoms with Crippen LogP contribution in [0.1, 0.15) is 27.5 Å². The van der Waals surface area contributed by atoms with Crippen molar-refractivity contribution in [2.45, 2.75) is 34.1 Å². The number of hydrogen-bond acceptors (Lipinski definition) is 5. The molecular weight excluding hydrogens is 322 g/mol. The fourth-order valence-corrected chi connectivity index (χ4v) is 4.04. The molecule has 24 heavy (non-hydrogen) atoms. The van der Waals surface area contributed by atoms with Crippen LogP contribution in [0.3, 0.4) is 0 Å². The first-order valence-electron chi connectivity index (χ1n) is 8.32. The van der Waals surface area contributed by atoms with Crippen LogP contribution in [0.25, 0.3) is 0 Å². The van der Waals surface area contributed by atoms with Gasteiger partial charge in [0.2, 0.25) is 5.91 Å². The lowest BCUT2D eigenvalue weighted by molar-refractivity contribution is -0.130. The first kappa shape index (κ1) is 17.0. The molecule has 0 N–H and O–H groups in total. The van der Waals surface area contributed by atoms with Crippen molar-refractivity contribution < 1.29 is 4.79 Å². The molecule has 3 heterocycles. The molecule has 0 saturated carbocycles. The number of carbonyl (C=O) groups is 1. The highest BCUT2D eigenvalue weighted by Gasteiger charge is 2.24. The van der Waals surface area contributed by atoms with E-state index >= 15 is 0 Å². The topological polar surface area (TPSA) is 54.3 Å². The van der Waals surface area contributed by atoms with Gasteiger partial charge in [-0.15, -0.1) is 11.3 Å². The van der Waals surface area contributed by atoms with Crippen molar-refractivity contribution in [2.75, 3.05) is 31.1 Å². The summed E-state index contributed by atoms with van der Waals surface area (Å²) < 4.78 is 1.85. The van der Waals surface area contributed by atoms with Crippen molar-refractivity contribution in [2.24, 2.45) is 7.05 Å². The number of piperazine rings is 1. The standard InChI is InChI=1S/C17H25N5OS/c1-11-14(4)24-17(18-11)22-8-6-21(7-9-22)16(23)10-15-12(2)19-20(5)13(15)3/h6-10H2,1-5H3. The van der Waals surface area contributed by atoms with Crippen LogP contribution in [0.15, 0.2) is 0 Å². The van der Waals surface area contributed by atoms with Crippen LogP contribution < -0.4 is 4.90 Å². The van der Waals surface area contributed by atoms with Crippen LogP contribution >= 0.6 is 11.3 Å². The molecule has 0 spiro atoms. The fourth-order valence-electron chi connectivity index (χ4n) is 3.07. The molecule has 2 aromatic heterocycles. The van der Waals surface area contributed by atoms with Crippen LogP contribution in [0, 0.1) is 27.7 Å². The van der Waals surface area contributed by atoms with Gasteiger partial charge in [-0.05, 0) is 27.7 Å². The van der Waals surface area contributed by atoms with E-state index in [1.807, 2.05) is 37.4 Å². The van der Waals surface area contributed by atoms with Gasteiger partial charge in [0.25, 0.3) is 0 Å². The second kappa shape index (κ2) is 6.55. The first-order chi connectivity index (χ1) is 11.4. The van der Waals surface area contributed by atoms with Gasteiger partial charge in [-0.3, -0.25) is 9.48 Å². The lowest BCUT2D eigenvalue weighted by Gasteiger charge is -2.34. The predicted octanol–water partition coefficient (Wildman–Crippen LogP) is 2.00. The number of rotatable bonds is 3. The van der Waals surface area contributed by atoms with E-state index in [1.165, 1.54) is 4.88 Å². The van der Waals surface area contributed by atoms with Gasteiger partial charge in [0, 0.05) is 49.4 Å². The second-order valence-corrected chi connectivity index (χ2v) is 7.64. The highest BCUT2D eigenvalue weighted by Crippen LogP contribution is 2.26. The summed E-state index contributed by atoms with van der Waals surface area (Å²) in [5.41, 5.74) is 4.20. The lowest BCUT2D eigenvalue weighted by atomic mass is 10.1. The zero-order valence-electron chi connectivity index (χ0n) is 15.1. The smallest absolute Gasteiger partial charge is 0.227 e. The summed E-state index contributed by atoms with van der Waals surface area (Å²) in [4.78, 5) is 22.8. The Hall–Kier alpha value is -1.89. The first-order valence-corrected chi connectivity index (χ1v) is 9.14. The molecule has 0 atom stereocenters. The largest absolute Gasteiger partial charge is 0.345 e. The number of thiazole rings is 1. The average molecular weight is 347 g/mol. The Labute approximate surface area is 147 Å². The Balaban J connectivity index is 1.61. The maximum absolute atomic E-state index is 12.6. The molecule has 130 valence electrons. The van der Waals surface area contributed by atoms with Gasteiger partial charge < -0.3 is 9.80 Å². The van der Waals surface area contributed by atoms with Crippen molar-refractivity contribution in [3.63, 3.8) is 0 Å². The summed E-state index contributed by atoms with van der Waals surface area (Å²) in [6, 6.07) is 0. The number of aryl methyl sites for hydroxylation is 4. The molecule has 3 rings (SSSR count). The van der Waals surface area contributed by atoms with Gasteiger partial charge in [-0.1, -0.05) is 0 Å². The molecule has 7 heteroatoms. The number of amides is 1. The van der Waals surface area contributed by atoms with Gasteiger partial charge in [-0.25, -0.2) is 4.98 Å². The summed E-state index contributed by atoms with van der Waals surface area (Å²) in [7, 11) is 1.92. The Morgan fingerprint density at radius 2 is 1.75 bits per heavy atom. The molecule has 1 fully saturated rings. The van der Waals surface area contributed by atoms with Gasteiger partial charge in [0.05, 0.1) is 17.8 Å². The van der Waals surface area contributed by atoms with Gasteiger partial charge in [-0.2, -0.15) is 5.10 Å². The van der Waals surface area contributed by atoms with E-state index in [2.05, 4.69) is 21.9 Å². The van der Waals surface area contributed by atoms with Crippen LogP contribution in [0.2, 0.25) is 0 Å². The Morgan fingerprint density at radius 1 is 1.08 bits per heavy atom. The lowest BCUT2D eigenvalue weighted by Crippen LogP contribution is -2.49. The third-order valence-corrected chi connectivity index (χ3v) is 6.04. The number of nitrogens with zero attached hydrogens (tertiary/aromatic N) is 5. The molecular formula is C17H25N5OS. The van der Waals surface area contributed by atoms with Crippen LogP contribution in [0.4, 0.5) is 5.13 Å². The van der Waals surface area contributed by atoms with Crippen molar-refractivity contribution in [3.8, 4) is 0 Å². The molecule has 6 nitrogen and oxygen atoms in total. The van der Waals surface area contributed by atoms with Crippen molar-refractivity contribution in [1.82, 2.24) is 19.7 Å². The minimum Gasteiger partial charge on any atom is -0.345 e. The monoisotopic (exact) mass is 347 g/mol. The van der Waals surface area contributed by atoms with Crippen LogP contribution in [-0.2, 0) is 18.3 Å². The molecule has 0 aliphatic carbocycles. The third kappa shape index (κ3) is 3.17. The van der Waals surface area contributed by atoms with Crippen molar-refractivity contribution in [1.29, 1.82) is 0 Å². The van der Waals surface area contributed by atoms with E-state index in [-0.39, 0.29) is 5.91 Å². The molecule has 1 aliphatic rings. The molecule has 1 aliphatic heterocycles. The molecule has 0 unspecified atom stereocenters. The van der Waals surface area contributed by atoms with E-state index in [9.17, 15) is 4.79 Å². The second-order valence-electron chi connectivity index (χ2n) is 6.46. The minimum absolute atomic E-state index is 0.195. The summed E-state index contributed by atoms with van der Waals surface area (Å²) in [6.07, 6.45) is 0.445. The molecule has 1 amide bonds. The zero-order chi connectivity index (χ0) is 17.4. The zero-order valence-corrected chi connectivity index (χ0v) is 15.9. The van der Waals surface area contributed by atoms with Gasteiger partial charge in [0.15, 0.2) is 5.13 Å². The number of aromatic nitrogens is 3. The molecule has 2 aromatic rings. The number of hydrogen-bond donors (Lipinski definition) is 0. The fraction of sp³-hybridized carbons (Fsp3) is 0.588. The molecule has 0 bridgehead atoms. The van der Waals surface area contributed by atoms with Gasteiger partial charge in [0.1, 0.15) is 0 Å². The summed E-state index contributed by atoms with van der Waals surface area (Å²) >= 11 is 1.74. The van der Waals surface area contributed by atoms with Crippen LogP contribution in [-0.4, -0.2) is 51.8 Å². The van der Waals surface area contributed by atoms with Crippen molar-refractivity contribution >= 4 is 22.4 Å². The van der Waals surface area contributed by atoms with E-state index in [1.54, 1.807) is 11.3 Å². The van der Waals surface area contributed by atoms with E-state index in [0.29, 0.717) is 6.42 Å². The van der Waals surface area contributed by atoms with E-state index in [0.717, 1.165) is 54.0 Å². The molecule has 1 saturated heterocycles. The average Bonchev–Trinajstić information content (AvgIpc) is 3.01. The van der Waals surface area contributed by atoms with Gasteiger partial charge >= 0.3 is 0 Å². The molecule has 0 aromatic carbocycles. The summed E-state index contributed by atoms with van der Waals surface area (Å²) in [5, 5.41) is 5.48. The number of carbonyl (C=O) groups excluding carboxylic acids is 1. The normalized spacial score (nSPS) is 15.2. The highest BCUT2D eigenvalue weighted by atomic mass is 32.1. The SMILES string of the molecule is Cc1nc(N2CCN(C(=O)Cc3c(C)nn(C)c3C)CC2)sc1C. The Kier molecular flexibility index (Phi) is 4.62. The highest BCUT2D eigenvalue weighted by molar-refractivity contribution is 7.15. The maximum atomic E-state index is 12.6. The third-order valence-electron chi connectivity index (χ3n) is 4.91. The van der Waals surface area contributed by atoms with E-state index < -0.39 is 0 Å². The maximum Gasteiger partial charge on any atom is 0.227 e. The Bertz CT molecular complexity index is 736. The Morgan fingerprint density at radius 3 is 2.25 bits per heavy atom. The van der Waals surface area contributed by atoms with Crippen LogP contribution in [0.5, 0.6) is 0 Å². The summed E-state index contributed by atoms with van der Waals surface area (Å²) in [6.45, 7) is 11.4. The quantitative estimate of drug-likeness (QED) is 0.852. The van der Waals surface area contributed by atoms with E-state index in [4.69, 9.17) is 0 Å². The summed E-state index contributed by atoms with van der Waals surface area (Å²) in [5.74, 6) is 0.195. The van der Waals surface area contributed by atoms with Crippen molar-refractivity contribution in [3.05, 3.63) is 27.5 Å². The number of anilines is 1.